The minimum Gasteiger partial charge on any atom is -0.469 e. The summed E-state index contributed by atoms with van der Waals surface area (Å²) in [5, 5.41) is 0. The normalized spacial score (nSPS) is 17.4. The zero-order chi connectivity index (χ0) is 26.1. The Morgan fingerprint density at radius 3 is 2.43 bits per heavy atom. The van der Waals surface area contributed by atoms with Gasteiger partial charge in [0.05, 0.1) is 25.3 Å². The number of piperazine rings is 1. The monoisotopic (exact) mass is 504 g/mol. The number of esters is 1. The molecule has 0 aliphatic carbocycles. The average Bonchev–Trinajstić information content (AvgIpc) is 2.90. The number of hydrogen-bond donors (Lipinski definition) is 0. The van der Waals surface area contributed by atoms with E-state index in [-0.39, 0.29) is 12.1 Å². The molecule has 0 aromatic heterocycles. The quantitative estimate of drug-likeness (QED) is 0.438. The summed E-state index contributed by atoms with van der Waals surface area (Å²) < 4.78 is 34.6. The third-order valence-corrected chi connectivity index (χ3v) is 7.06. The van der Waals surface area contributed by atoms with Crippen LogP contribution in [0.5, 0.6) is 0 Å². The van der Waals surface area contributed by atoms with Gasteiger partial charge in [-0.15, -0.1) is 0 Å². The van der Waals surface area contributed by atoms with Gasteiger partial charge in [-0.1, -0.05) is 30.3 Å². The second-order valence-electron chi connectivity index (χ2n) is 9.50. The molecule has 3 aromatic rings. The second kappa shape index (κ2) is 10.2. The van der Waals surface area contributed by atoms with Crippen LogP contribution < -0.4 is 9.80 Å². The number of rotatable bonds is 4. The van der Waals surface area contributed by atoms with Crippen molar-refractivity contribution in [2.45, 2.75) is 26.3 Å². The molecule has 2 aliphatic rings. The predicted molar refractivity (Wildman–Crippen MR) is 141 cm³/mol. The summed E-state index contributed by atoms with van der Waals surface area (Å²) >= 11 is 0. The van der Waals surface area contributed by atoms with Crippen molar-refractivity contribution in [3.63, 3.8) is 0 Å². The fourth-order valence-corrected chi connectivity index (χ4v) is 5.12. The van der Waals surface area contributed by atoms with E-state index in [1.807, 2.05) is 17.9 Å². The van der Waals surface area contributed by atoms with Crippen LogP contribution in [0.4, 0.5) is 25.8 Å². The summed E-state index contributed by atoms with van der Waals surface area (Å²) in [7, 11) is 1.33. The lowest BCUT2D eigenvalue weighted by Gasteiger charge is -2.45. The van der Waals surface area contributed by atoms with E-state index < -0.39 is 23.6 Å². The number of benzene rings is 3. The molecule has 0 N–H and O–H groups in total. The molecule has 1 saturated heterocycles. The van der Waals surface area contributed by atoms with Gasteiger partial charge in [0.15, 0.2) is 0 Å². The first kappa shape index (κ1) is 24.7. The number of nitrogens with zero attached hydrogens (tertiary/aromatic N) is 4. The lowest BCUT2D eigenvalue weighted by Crippen LogP contribution is -2.55. The third kappa shape index (κ3) is 4.88. The zero-order valence-electron chi connectivity index (χ0n) is 21.2. The van der Waals surface area contributed by atoms with Gasteiger partial charge in [-0.25, -0.2) is 13.8 Å². The molecule has 6 nitrogen and oxygen atoms in total. The summed E-state index contributed by atoms with van der Waals surface area (Å²) in [4.78, 5) is 23.6. The number of anilines is 2. The molecule has 0 amide bonds. The van der Waals surface area contributed by atoms with Crippen molar-refractivity contribution in [3.05, 3.63) is 89.0 Å². The van der Waals surface area contributed by atoms with Crippen molar-refractivity contribution in [1.29, 1.82) is 0 Å². The number of fused-ring (bicyclic) bond motifs is 1. The summed E-state index contributed by atoms with van der Waals surface area (Å²) in [6, 6.07) is 17.1. The van der Waals surface area contributed by atoms with Crippen LogP contribution in [0.2, 0.25) is 0 Å². The fourth-order valence-electron chi connectivity index (χ4n) is 5.12. The Hall–Kier alpha value is -3.94. The van der Waals surface area contributed by atoms with Crippen LogP contribution in [0.15, 0.2) is 65.7 Å². The van der Waals surface area contributed by atoms with E-state index in [2.05, 4.69) is 34.9 Å². The Kier molecular flexibility index (Phi) is 6.82. The summed E-state index contributed by atoms with van der Waals surface area (Å²) in [5.41, 5.74) is 4.53. The number of ether oxygens (including phenoxy) is 1. The highest BCUT2D eigenvalue weighted by atomic mass is 19.1. The van der Waals surface area contributed by atoms with Gasteiger partial charge >= 0.3 is 5.97 Å². The number of carbonyl (C=O) groups excluding carboxylic acids is 1. The van der Waals surface area contributed by atoms with Crippen LogP contribution in [-0.2, 0) is 9.53 Å². The molecular weight excluding hydrogens is 474 g/mol. The van der Waals surface area contributed by atoms with Gasteiger partial charge in [-0.2, -0.15) is 0 Å². The van der Waals surface area contributed by atoms with Gasteiger partial charge in [-0.05, 0) is 55.3 Å². The number of carbonyl (C=O) groups is 1. The van der Waals surface area contributed by atoms with Crippen molar-refractivity contribution >= 4 is 29.0 Å². The fraction of sp³-hybridized carbons (Fsp3) is 0.310. The smallest absolute Gasteiger partial charge is 0.307 e. The van der Waals surface area contributed by atoms with Gasteiger partial charge in [-0.3, -0.25) is 4.79 Å². The molecule has 2 aliphatic heterocycles. The highest BCUT2D eigenvalue weighted by Crippen LogP contribution is 2.43. The van der Waals surface area contributed by atoms with Crippen molar-refractivity contribution in [2.75, 3.05) is 43.1 Å². The van der Waals surface area contributed by atoms with Crippen molar-refractivity contribution in [2.24, 2.45) is 4.99 Å². The van der Waals surface area contributed by atoms with E-state index in [1.165, 1.54) is 30.9 Å². The highest BCUT2D eigenvalue weighted by Gasteiger charge is 2.38. The SMILES string of the molecule is COC(=O)CC1c2cccc(F)c2N=C(N2CCN(c3cccc(C)c3)CC2)N1c1cc(F)ccc1C. The molecular formula is C29H30F2N4O2. The Morgan fingerprint density at radius 1 is 0.973 bits per heavy atom. The van der Waals surface area contributed by atoms with Crippen LogP contribution in [0.25, 0.3) is 0 Å². The molecule has 5 rings (SSSR count). The number of para-hydroxylation sites is 1. The largest absolute Gasteiger partial charge is 0.469 e. The lowest BCUT2D eigenvalue weighted by molar-refractivity contribution is -0.141. The number of aliphatic imine (C=N–C) groups is 1. The minimum absolute atomic E-state index is 0.0365. The summed E-state index contributed by atoms with van der Waals surface area (Å²) in [6.07, 6.45) is -0.0365. The first-order chi connectivity index (χ1) is 17.9. The molecule has 1 atom stereocenters. The number of guanidine groups is 1. The van der Waals surface area contributed by atoms with E-state index in [4.69, 9.17) is 9.73 Å². The predicted octanol–water partition coefficient (Wildman–Crippen LogP) is 5.52. The van der Waals surface area contributed by atoms with E-state index in [1.54, 1.807) is 18.2 Å². The first-order valence-corrected chi connectivity index (χ1v) is 12.4. The van der Waals surface area contributed by atoms with Crippen molar-refractivity contribution in [3.8, 4) is 0 Å². The van der Waals surface area contributed by atoms with Crippen LogP contribution >= 0.6 is 0 Å². The summed E-state index contributed by atoms with van der Waals surface area (Å²) in [5.74, 6) is -0.793. The standard InChI is InChI=1S/C29H30F2N4O2/c1-19-6-4-7-22(16-19)33-12-14-34(15-13-33)29-32-28-23(8-5-9-24(28)31)26(18-27(36)37-3)35(29)25-17-21(30)11-10-20(25)2/h4-11,16-17,26H,12-15,18H2,1-3H3. The Morgan fingerprint density at radius 2 is 1.70 bits per heavy atom. The minimum atomic E-state index is -0.610. The molecule has 0 radical (unpaired) electrons. The zero-order valence-corrected chi connectivity index (χ0v) is 21.2. The first-order valence-electron chi connectivity index (χ1n) is 12.4. The molecule has 0 bridgehead atoms. The number of methoxy groups -OCH3 is 1. The average molecular weight is 505 g/mol. The van der Waals surface area contributed by atoms with Crippen molar-refractivity contribution in [1.82, 2.24) is 4.90 Å². The maximum absolute atomic E-state index is 15.1. The van der Waals surface area contributed by atoms with Crippen LogP contribution in [-0.4, -0.2) is 50.1 Å². The third-order valence-electron chi connectivity index (χ3n) is 7.06. The lowest BCUT2D eigenvalue weighted by atomic mass is 9.96. The molecule has 0 spiro atoms. The molecule has 37 heavy (non-hydrogen) atoms. The molecule has 1 unspecified atom stereocenters. The Balaban J connectivity index is 1.57. The molecule has 192 valence electrons. The molecule has 1 fully saturated rings. The number of halogens is 2. The van der Waals surface area contributed by atoms with Crippen molar-refractivity contribution < 1.29 is 18.3 Å². The van der Waals surface area contributed by atoms with Gasteiger partial charge in [0.25, 0.3) is 0 Å². The van der Waals surface area contributed by atoms with Gasteiger partial charge in [0, 0.05) is 37.4 Å². The molecule has 3 aromatic carbocycles. The highest BCUT2D eigenvalue weighted by molar-refractivity contribution is 6.01. The van der Waals surface area contributed by atoms with E-state index >= 15 is 4.39 Å². The molecule has 2 heterocycles. The van der Waals surface area contributed by atoms with E-state index in [0.29, 0.717) is 30.3 Å². The second-order valence-corrected chi connectivity index (χ2v) is 9.50. The maximum atomic E-state index is 15.1. The van der Waals surface area contributed by atoms with Crippen LogP contribution in [0, 0.1) is 25.5 Å². The van der Waals surface area contributed by atoms with Gasteiger partial charge < -0.3 is 19.4 Å². The number of hydrogen-bond acceptors (Lipinski definition) is 6. The number of aryl methyl sites for hydroxylation is 2. The van der Waals surface area contributed by atoms with Crippen LogP contribution in [0.1, 0.15) is 29.2 Å². The Labute approximate surface area is 215 Å². The Bertz CT molecular complexity index is 1350. The maximum Gasteiger partial charge on any atom is 0.307 e. The van der Waals surface area contributed by atoms with Gasteiger partial charge in [0.1, 0.15) is 17.3 Å². The topological polar surface area (TPSA) is 48.4 Å². The van der Waals surface area contributed by atoms with E-state index in [9.17, 15) is 9.18 Å². The van der Waals surface area contributed by atoms with Crippen LogP contribution in [0.3, 0.4) is 0 Å². The van der Waals surface area contributed by atoms with Gasteiger partial charge in [0.2, 0.25) is 5.96 Å². The summed E-state index contributed by atoms with van der Waals surface area (Å²) in [6.45, 7) is 6.70. The molecule has 0 saturated carbocycles. The van der Waals surface area contributed by atoms with E-state index in [0.717, 1.165) is 24.3 Å². The molecule has 8 heteroatoms.